The highest BCUT2D eigenvalue weighted by atomic mass is 19.1. The topological polar surface area (TPSA) is 100 Å². The number of nitrogens with one attached hydrogen (secondary N) is 1. The number of halogens is 1. The molecular formula is C28H34FN5O3. The van der Waals surface area contributed by atoms with Crippen molar-refractivity contribution in [3.8, 4) is 17.2 Å². The largest absolute Gasteiger partial charge is 0.444 e. The van der Waals surface area contributed by atoms with Crippen LogP contribution in [0.2, 0.25) is 0 Å². The van der Waals surface area contributed by atoms with Crippen LogP contribution < -0.4 is 5.32 Å². The van der Waals surface area contributed by atoms with Crippen molar-refractivity contribution in [2.24, 2.45) is 23.7 Å². The van der Waals surface area contributed by atoms with Crippen LogP contribution in [-0.2, 0) is 22.5 Å². The lowest BCUT2D eigenvalue weighted by Crippen LogP contribution is -2.56. The van der Waals surface area contributed by atoms with Gasteiger partial charge in [0.05, 0.1) is 12.3 Å². The maximum Gasteiger partial charge on any atom is 0.411 e. The summed E-state index contributed by atoms with van der Waals surface area (Å²) in [4.78, 5) is 28.2. The second-order valence-corrected chi connectivity index (χ2v) is 11.6. The van der Waals surface area contributed by atoms with Crippen molar-refractivity contribution < 1.29 is 18.7 Å². The molecule has 1 aliphatic heterocycles. The lowest BCUT2D eigenvalue weighted by atomic mass is 9.94. The monoisotopic (exact) mass is 507 g/mol. The van der Waals surface area contributed by atoms with E-state index >= 15 is 0 Å². The van der Waals surface area contributed by atoms with E-state index in [0.29, 0.717) is 28.9 Å². The molecule has 1 aromatic heterocycles. The number of nitriles is 1. The Balaban J connectivity index is 1.30. The predicted molar refractivity (Wildman–Crippen MR) is 134 cm³/mol. The summed E-state index contributed by atoms with van der Waals surface area (Å²) >= 11 is 0. The second kappa shape index (κ2) is 9.16. The van der Waals surface area contributed by atoms with Crippen molar-refractivity contribution in [1.29, 1.82) is 5.26 Å². The molecule has 7 atom stereocenters. The Bertz CT molecular complexity index is 1260. The lowest BCUT2D eigenvalue weighted by molar-refractivity contribution is -0.128. The zero-order chi connectivity index (χ0) is 26.6. The number of aryl methyl sites for hydroxylation is 1. The molecule has 2 amide bonds. The number of likely N-dealkylation sites (tertiary alicyclic amines) is 1. The van der Waals surface area contributed by atoms with Gasteiger partial charge in [-0.1, -0.05) is 19.1 Å². The number of benzene rings is 1. The van der Waals surface area contributed by atoms with Crippen LogP contribution in [0.3, 0.4) is 0 Å². The highest BCUT2D eigenvalue weighted by Crippen LogP contribution is 2.67. The van der Waals surface area contributed by atoms with Crippen molar-refractivity contribution in [2.45, 2.75) is 77.7 Å². The number of hydrogen-bond acceptors (Lipinski definition) is 5. The average Bonchev–Trinajstić information content (AvgIpc) is 3.24. The third-order valence-corrected chi connectivity index (χ3v) is 8.15. The minimum atomic E-state index is -0.928. The van der Waals surface area contributed by atoms with Crippen LogP contribution in [-0.4, -0.2) is 50.4 Å². The Kier molecular flexibility index (Phi) is 6.25. The summed E-state index contributed by atoms with van der Waals surface area (Å²) in [6.07, 6.45) is 3.85. The van der Waals surface area contributed by atoms with Gasteiger partial charge in [-0.15, -0.1) is 0 Å². The molecule has 2 aliphatic carbocycles. The van der Waals surface area contributed by atoms with Crippen molar-refractivity contribution in [3.63, 3.8) is 0 Å². The highest BCUT2D eigenvalue weighted by Gasteiger charge is 2.71. The molecule has 2 bridgehead atoms. The Labute approximate surface area is 216 Å². The number of carbonyl (C=O) groups excluding carboxylic acids is 2. The van der Waals surface area contributed by atoms with Crippen LogP contribution in [0, 0.1) is 40.8 Å². The predicted octanol–water partition coefficient (Wildman–Crippen LogP) is 4.15. The summed E-state index contributed by atoms with van der Waals surface area (Å²) < 4.78 is 22.4. The van der Waals surface area contributed by atoms with Gasteiger partial charge in [0.2, 0.25) is 5.91 Å². The van der Waals surface area contributed by atoms with Crippen LogP contribution in [0.4, 0.5) is 9.18 Å². The standard InChI is InChI=1S/C28H34FN5O3/c1-6-33-14-18(13-31-33)16-7-8-17(21(29)10-16)9-19(12-30)32-26(35)25-20-11-22(24-15(2)23(20)24)34(25)27(36)37-28(3,4)5/h7-8,10,13-15,19-20,22-25H,6,9,11H2,1-5H3,(H,32,35)/t15?,19-,20+,22-,23?,24?,25-/m0/s1. The van der Waals surface area contributed by atoms with E-state index in [9.17, 15) is 19.2 Å². The molecule has 2 heterocycles. The van der Waals surface area contributed by atoms with E-state index in [0.717, 1.165) is 18.5 Å². The lowest BCUT2D eigenvalue weighted by Gasteiger charge is -2.35. The van der Waals surface area contributed by atoms with E-state index in [1.54, 1.807) is 48.7 Å². The van der Waals surface area contributed by atoms with E-state index < -0.39 is 29.6 Å². The Morgan fingerprint density at radius 2 is 2.05 bits per heavy atom. The van der Waals surface area contributed by atoms with Crippen molar-refractivity contribution >= 4 is 12.0 Å². The first-order valence-corrected chi connectivity index (χ1v) is 13.0. The van der Waals surface area contributed by atoms with Gasteiger partial charge in [0.25, 0.3) is 0 Å². The number of aromatic nitrogens is 2. The van der Waals surface area contributed by atoms with E-state index in [1.165, 1.54) is 6.07 Å². The summed E-state index contributed by atoms with van der Waals surface area (Å²) in [7, 11) is 0. The summed E-state index contributed by atoms with van der Waals surface area (Å²) in [5.74, 6) is 0.535. The van der Waals surface area contributed by atoms with E-state index in [2.05, 4.69) is 23.4 Å². The van der Waals surface area contributed by atoms with Gasteiger partial charge in [-0.2, -0.15) is 10.4 Å². The maximum absolute atomic E-state index is 15.0. The van der Waals surface area contributed by atoms with E-state index in [1.807, 2.05) is 13.1 Å². The quantitative estimate of drug-likeness (QED) is 0.633. The molecule has 1 saturated heterocycles. The molecule has 3 unspecified atom stereocenters. The molecule has 9 heteroatoms. The van der Waals surface area contributed by atoms with Gasteiger partial charge in [0.1, 0.15) is 23.5 Å². The van der Waals surface area contributed by atoms with Gasteiger partial charge < -0.3 is 10.1 Å². The first-order valence-electron chi connectivity index (χ1n) is 13.0. The van der Waals surface area contributed by atoms with E-state index in [4.69, 9.17) is 4.74 Å². The number of piperidine rings is 1. The van der Waals surface area contributed by atoms with Crippen LogP contribution in [0.25, 0.3) is 11.1 Å². The van der Waals surface area contributed by atoms with Crippen LogP contribution in [0.5, 0.6) is 0 Å². The molecule has 8 nitrogen and oxygen atoms in total. The highest BCUT2D eigenvalue weighted by molar-refractivity contribution is 5.88. The van der Waals surface area contributed by atoms with Crippen molar-refractivity contribution in [1.82, 2.24) is 20.0 Å². The average molecular weight is 508 g/mol. The molecule has 196 valence electrons. The second-order valence-electron chi connectivity index (χ2n) is 11.6. The van der Waals surface area contributed by atoms with Gasteiger partial charge >= 0.3 is 6.09 Å². The van der Waals surface area contributed by atoms with Crippen LogP contribution in [0.15, 0.2) is 30.6 Å². The maximum atomic E-state index is 15.0. The van der Waals surface area contributed by atoms with Crippen LogP contribution >= 0.6 is 0 Å². The molecular weight excluding hydrogens is 473 g/mol. The number of rotatable bonds is 6. The fourth-order valence-electron chi connectivity index (χ4n) is 6.52. The van der Waals surface area contributed by atoms with Gasteiger partial charge in [0.15, 0.2) is 0 Å². The molecule has 0 radical (unpaired) electrons. The number of nitrogens with zero attached hydrogens (tertiary/aromatic N) is 4. The Hall–Kier alpha value is -3.41. The summed E-state index contributed by atoms with van der Waals surface area (Å²) in [5.41, 5.74) is 1.17. The molecule has 2 aromatic rings. The zero-order valence-electron chi connectivity index (χ0n) is 21.9. The van der Waals surface area contributed by atoms with Crippen LogP contribution in [0.1, 0.15) is 46.6 Å². The van der Waals surface area contributed by atoms with Crippen molar-refractivity contribution in [2.75, 3.05) is 0 Å². The first kappa shape index (κ1) is 25.2. The number of fused-ring (bicyclic) bond motifs is 5. The zero-order valence-corrected chi connectivity index (χ0v) is 21.9. The van der Waals surface area contributed by atoms with Crippen molar-refractivity contribution in [3.05, 3.63) is 42.0 Å². The fourth-order valence-corrected chi connectivity index (χ4v) is 6.52. The minimum Gasteiger partial charge on any atom is -0.444 e. The van der Waals surface area contributed by atoms with Gasteiger partial charge in [-0.3, -0.25) is 14.4 Å². The normalized spacial score (nSPS) is 28.4. The number of ether oxygens (including phenoxy) is 1. The molecule has 1 aromatic carbocycles. The number of hydrogen-bond donors (Lipinski definition) is 1. The summed E-state index contributed by atoms with van der Waals surface area (Å²) in [5, 5.41) is 16.8. The summed E-state index contributed by atoms with van der Waals surface area (Å²) in [6.45, 7) is 10.3. The Morgan fingerprint density at radius 1 is 1.30 bits per heavy atom. The molecule has 2 saturated carbocycles. The van der Waals surface area contributed by atoms with Gasteiger partial charge in [0, 0.05) is 30.8 Å². The van der Waals surface area contributed by atoms with Gasteiger partial charge in [-0.25, -0.2) is 9.18 Å². The molecule has 1 N–H and O–H groups in total. The number of carbonyl (C=O) groups is 2. The smallest absolute Gasteiger partial charge is 0.411 e. The van der Waals surface area contributed by atoms with Gasteiger partial charge in [-0.05, 0) is 75.0 Å². The molecule has 0 spiro atoms. The molecule has 37 heavy (non-hydrogen) atoms. The minimum absolute atomic E-state index is 0.0156. The Morgan fingerprint density at radius 3 is 2.68 bits per heavy atom. The molecule has 3 aliphatic rings. The number of amides is 2. The third-order valence-electron chi connectivity index (χ3n) is 8.15. The summed E-state index contributed by atoms with van der Waals surface area (Å²) in [6, 6.07) is 5.34. The SMILES string of the molecule is CCn1cc(-c2ccc(C[C@@H](C#N)NC(=O)[C@@H]3[C@@H]4C[C@@H](C5C(C)C54)N3C(=O)OC(C)(C)C)c(F)c2)cn1. The van der Waals surface area contributed by atoms with E-state index in [-0.39, 0.29) is 24.3 Å². The third kappa shape index (κ3) is 4.58. The first-order chi connectivity index (χ1) is 17.5. The molecule has 3 fully saturated rings. The fraction of sp³-hybridized carbons (Fsp3) is 0.571. The molecule has 5 rings (SSSR count).